The number of halogens is 2. The number of nitro groups is 1. The van der Waals surface area contributed by atoms with Crippen molar-refractivity contribution in [1.29, 1.82) is 5.26 Å². The third kappa shape index (κ3) is 2.09. The minimum atomic E-state index is -3.06. The van der Waals surface area contributed by atoms with Crippen LogP contribution in [0.3, 0.4) is 0 Å². The van der Waals surface area contributed by atoms with Crippen LogP contribution in [0.25, 0.3) is 0 Å². The number of rotatable bonds is 3. The van der Waals surface area contributed by atoms with E-state index in [0.29, 0.717) is 6.07 Å². The van der Waals surface area contributed by atoms with Gasteiger partial charge in [0.2, 0.25) is 0 Å². The number of hydrogen-bond acceptors (Lipinski definition) is 5. The van der Waals surface area contributed by atoms with Crippen molar-refractivity contribution < 1.29 is 13.7 Å². The highest BCUT2D eigenvalue weighted by Gasteiger charge is 2.27. The van der Waals surface area contributed by atoms with Crippen molar-refractivity contribution in [2.24, 2.45) is 5.73 Å². The molecule has 0 spiro atoms. The van der Waals surface area contributed by atoms with E-state index < -0.39 is 29.1 Å². The summed E-state index contributed by atoms with van der Waals surface area (Å²) >= 11 is 0. The lowest BCUT2D eigenvalue weighted by atomic mass is 10.1. The molecule has 0 aliphatic heterocycles. The zero-order valence-corrected chi connectivity index (χ0v) is 7.85. The summed E-state index contributed by atoms with van der Waals surface area (Å²) in [5.74, 6) is 0. The highest BCUT2D eigenvalue weighted by atomic mass is 19.3. The van der Waals surface area contributed by atoms with Gasteiger partial charge in [0.1, 0.15) is 17.3 Å². The van der Waals surface area contributed by atoms with Gasteiger partial charge in [0.05, 0.1) is 16.7 Å². The van der Waals surface area contributed by atoms with Crippen molar-refractivity contribution in [2.75, 3.05) is 0 Å². The normalized spacial score (nSPS) is 10.2. The molecule has 0 saturated heterocycles. The second-order valence-corrected chi connectivity index (χ2v) is 2.76. The quantitative estimate of drug-likeness (QED) is 0.619. The Bertz CT molecular complexity index is 470. The van der Waals surface area contributed by atoms with Crippen LogP contribution in [0.5, 0.6) is 0 Å². The van der Waals surface area contributed by atoms with E-state index in [-0.39, 0.29) is 11.4 Å². The first-order chi connectivity index (χ1) is 7.51. The highest BCUT2D eigenvalue weighted by molar-refractivity contribution is 5.47. The molecule has 0 aromatic carbocycles. The molecule has 0 unspecified atom stereocenters. The molecule has 0 bridgehead atoms. The fourth-order valence-corrected chi connectivity index (χ4v) is 1.19. The summed E-state index contributed by atoms with van der Waals surface area (Å²) < 4.78 is 25.2. The summed E-state index contributed by atoms with van der Waals surface area (Å²) in [6.07, 6.45) is -3.06. The van der Waals surface area contributed by atoms with Gasteiger partial charge < -0.3 is 5.73 Å². The van der Waals surface area contributed by atoms with Gasteiger partial charge >= 0.3 is 0 Å². The standard InChI is InChI=1S/C8H6F2N4O2/c9-8(10)7-5(3-12)13-4(2-11)1-6(7)14(15)16/h1,8H,3,12H2. The van der Waals surface area contributed by atoms with Gasteiger partial charge in [-0.15, -0.1) is 0 Å². The molecule has 1 rings (SSSR count). The first-order valence-electron chi connectivity index (χ1n) is 4.07. The van der Waals surface area contributed by atoms with Gasteiger partial charge in [0, 0.05) is 6.54 Å². The lowest BCUT2D eigenvalue weighted by molar-refractivity contribution is -0.386. The molecule has 2 N–H and O–H groups in total. The molecule has 8 heteroatoms. The number of alkyl halides is 2. The summed E-state index contributed by atoms with van der Waals surface area (Å²) in [4.78, 5) is 13.1. The van der Waals surface area contributed by atoms with Crippen molar-refractivity contribution in [3.63, 3.8) is 0 Å². The van der Waals surface area contributed by atoms with Gasteiger partial charge in [-0.3, -0.25) is 10.1 Å². The molecule has 0 aliphatic rings. The molecule has 0 atom stereocenters. The highest BCUT2D eigenvalue weighted by Crippen LogP contribution is 2.31. The monoisotopic (exact) mass is 228 g/mol. The fourth-order valence-electron chi connectivity index (χ4n) is 1.19. The minimum Gasteiger partial charge on any atom is -0.325 e. The second-order valence-electron chi connectivity index (χ2n) is 2.76. The Labute approximate surface area is 88.5 Å². The lowest BCUT2D eigenvalue weighted by Crippen LogP contribution is -2.09. The molecule has 0 aliphatic carbocycles. The van der Waals surface area contributed by atoms with E-state index in [2.05, 4.69) is 4.98 Å². The Balaban J connectivity index is 3.55. The van der Waals surface area contributed by atoms with Gasteiger partial charge in [-0.2, -0.15) is 5.26 Å². The SMILES string of the molecule is N#Cc1cc([N+](=O)[O-])c(C(F)F)c(CN)n1. The van der Waals surface area contributed by atoms with Crippen molar-refractivity contribution >= 4 is 5.69 Å². The maximum atomic E-state index is 12.6. The zero-order chi connectivity index (χ0) is 12.3. The molecule has 1 aromatic rings. The smallest absolute Gasteiger partial charge is 0.283 e. The van der Waals surface area contributed by atoms with E-state index >= 15 is 0 Å². The van der Waals surface area contributed by atoms with Crippen LogP contribution < -0.4 is 5.73 Å². The van der Waals surface area contributed by atoms with E-state index in [0.717, 1.165) is 0 Å². The van der Waals surface area contributed by atoms with Crippen LogP contribution >= 0.6 is 0 Å². The van der Waals surface area contributed by atoms with Crippen LogP contribution in [0.4, 0.5) is 14.5 Å². The second kappa shape index (κ2) is 4.59. The molecule has 0 saturated carbocycles. The van der Waals surface area contributed by atoms with Gasteiger partial charge in [-0.25, -0.2) is 13.8 Å². The van der Waals surface area contributed by atoms with Crippen LogP contribution in [0, 0.1) is 21.4 Å². The average molecular weight is 228 g/mol. The summed E-state index contributed by atoms with van der Waals surface area (Å²) in [5.41, 5.74) is 2.85. The predicted molar refractivity (Wildman–Crippen MR) is 48.5 cm³/mol. The van der Waals surface area contributed by atoms with E-state index in [9.17, 15) is 18.9 Å². The Kier molecular flexibility index (Phi) is 3.42. The molecule has 84 valence electrons. The van der Waals surface area contributed by atoms with Crippen molar-refractivity contribution in [1.82, 2.24) is 4.98 Å². The minimum absolute atomic E-state index is 0.309. The van der Waals surface area contributed by atoms with Crippen LogP contribution in [0.1, 0.15) is 23.4 Å². The van der Waals surface area contributed by atoms with Crippen molar-refractivity contribution in [3.8, 4) is 6.07 Å². The maximum Gasteiger partial charge on any atom is 0.283 e. The topological polar surface area (TPSA) is 106 Å². The molecule has 1 aromatic heterocycles. The number of hydrogen-bond donors (Lipinski definition) is 1. The molecule has 16 heavy (non-hydrogen) atoms. The summed E-state index contributed by atoms with van der Waals surface area (Å²) in [6, 6.07) is 2.26. The first kappa shape index (κ1) is 11.9. The van der Waals surface area contributed by atoms with Gasteiger partial charge in [-0.05, 0) is 0 Å². The number of pyridine rings is 1. The van der Waals surface area contributed by atoms with E-state index in [1.165, 1.54) is 0 Å². The summed E-state index contributed by atoms with van der Waals surface area (Å²) in [5, 5.41) is 19.1. The van der Waals surface area contributed by atoms with Crippen LogP contribution in [-0.4, -0.2) is 9.91 Å². The predicted octanol–water partition coefficient (Wildman–Crippen LogP) is 1.26. The lowest BCUT2D eigenvalue weighted by Gasteiger charge is -2.06. The fraction of sp³-hybridized carbons (Fsp3) is 0.250. The van der Waals surface area contributed by atoms with E-state index in [1.807, 2.05) is 0 Å². The molecule has 6 nitrogen and oxygen atoms in total. The largest absolute Gasteiger partial charge is 0.325 e. The number of nitrogens with two attached hydrogens (primary N) is 1. The molecule has 0 radical (unpaired) electrons. The van der Waals surface area contributed by atoms with E-state index in [1.54, 1.807) is 6.07 Å². The van der Waals surface area contributed by atoms with Gasteiger partial charge in [0.15, 0.2) is 0 Å². The Morgan fingerprint density at radius 3 is 2.69 bits per heavy atom. The summed E-state index contributed by atoms with van der Waals surface area (Å²) in [7, 11) is 0. The van der Waals surface area contributed by atoms with Crippen molar-refractivity contribution in [3.05, 3.63) is 33.1 Å². The Morgan fingerprint density at radius 1 is 1.69 bits per heavy atom. The van der Waals surface area contributed by atoms with Gasteiger partial charge in [-0.1, -0.05) is 0 Å². The van der Waals surface area contributed by atoms with Crippen molar-refractivity contribution in [2.45, 2.75) is 13.0 Å². The molecule has 0 amide bonds. The first-order valence-corrected chi connectivity index (χ1v) is 4.07. The number of aromatic nitrogens is 1. The van der Waals surface area contributed by atoms with Crippen LogP contribution in [-0.2, 0) is 6.54 Å². The number of nitriles is 1. The third-order valence-electron chi connectivity index (χ3n) is 1.84. The molecule has 1 heterocycles. The Hall–Kier alpha value is -2.14. The molecular weight excluding hydrogens is 222 g/mol. The average Bonchev–Trinajstić information content (AvgIpc) is 2.26. The third-order valence-corrected chi connectivity index (χ3v) is 1.84. The van der Waals surface area contributed by atoms with E-state index in [4.69, 9.17) is 11.0 Å². The van der Waals surface area contributed by atoms with Gasteiger partial charge in [0.25, 0.3) is 12.1 Å². The Morgan fingerprint density at radius 2 is 2.31 bits per heavy atom. The molecule has 0 fully saturated rings. The van der Waals surface area contributed by atoms with Crippen LogP contribution in [0.15, 0.2) is 6.07 Å². The zero-order valence-electron chi connectivity index (χ0n) is 7.85. The molecular formula is C8H6F2N4O2. The summed E-state index contributed by atoms with van der Waals surface area (Å²) in [6.45, 7) is -0.393. The maximum absolute atomic E-state index is 12.6. The van der Waals surface area contributed by atoms with Crippen LogP contribution in [0.2, 0.25) is 0 Å². The number of nitrogens with zero attached hydrogens (tertiary/aromatic N) is 3.